The average molecular weight is 643 g/mol. The van der Waals surface area contributed by atoms with Gasteiger partial charge in [0.2, 0.25) is 9.52 Å². The molecule has 0 fully saturated rings. The van der Waals surface area contributed by atoms with Crippen LogP contribution in [0.4, 0.5) is 79.0 Å². The summed E-state index contributed by atoms with van der Waals surface area (Å²) in [5.41, 5.74) is -14.6. The molecule has 0 N–H and O–H groups in total. The van der Waals surface area contributed by atoms with E-state index in [2.05, 4.69) is 13.1 Å². The summed E-state index contributed by atoms with van der Waals surface area (Å²) >= 11 is 0. The van der Waals surface area contributed by atoms with Gasteiger partial charge in [0.1, 0.15) is 0 Å². The van der Waals surface area contributed by atoms with Gasteiger partial charge in [0.25, 0.3) is 11.1 Å². The first-order valence-corrected chi connectivity index (χ1v) is 16.6. The third-order valence-corrected chi connectivity index (χ3v) is 10.1. The molecule has 0 aromatic rings. The van der Waals surface area contributed by atoms with Crippen molar-refractivity contribution in [2.24, 2.45) is 0 Å². The SMILES string of the molecule is CC(F)C(F)(F)C(F)(F)C(F)(F)C(F)(F)[SiH2]C(F)(F)C(F)(F)C(F)(F)C(F)(F)C(C)F.C[SiH2]CC[SiH2]C. The Kier molecular flexibility index (Phi) is 12.8. The quantitative estimate of drug-likeness (QED) is 0.129. The molecule has 21 heteroatoms. The van der Waals surface area contributed by atoms with Gasteiger partial charge in [-0.1, -0.05) is 25.2 Å². The molecule has 0 amide bonds. The van der Waals surface area contributed by atoms with Crippen molar-refractivity contribution in [1.82, 2.24) is 0 Å². The maximum absolute atomic E-state index is 13.4. The summed E-state index contributed by atoms with van der Waals surface area (Å²) in [4.78, 5) is 0. The summed E-state index contributed by atoms with van der Waals surface area (Å²) in [6, 6.07) is 3.23. The molecule has 0 rings (SSSR count). The Balaban J connectivity index is 0. The molecule has 2 unspecified atom stereocenters. The molecule has 0 aromatic carbocycles. The van der Waals surface area contributed by atoms with E-state index in [0.717, 1.165) is 0 Å². The molecule has 0 bridgehead atoms. The average Bonchev–Trinajstić information content (AvgIpc) is 2.70. The zero-order chi connectivity index (χ0) is 30.7. The van der Waals surface area contributed by atoms with Gasteiger partial charge in [0.15, 0.2) is 12.3 Å². The molecule has 0 saturated carbocycles. The fourth-order valence-corrected chi connectivity index (χ4v) is 7.82. The Morgan fingerprint density at radius 3 is 0.838 bits per heavy atom. The fourth-order valence-electron chi connectivity index (χ4n) is 2.38. The van der Waals surface area contributed by atoms with Crippen LogP contribution in [0.25, 0.3) is 0 Å². The number of alkyl halides is 18. The Morgan fingerprint density at radius 2 is 0.676 bits per heavy atom. The smallest absolute Gasteiger partial charge is 0.241 e. The van der Waals surface area contributed by atoms with Crippen LogP contribution >= 0.6 is 0 Å². The Morgan fingerprint density at radius 1 is 0.459 bits per heavy atom. The van der Waals surface area contributed by atoms with Gasteiger partial charge in [-0.15, -0.1) is 0 Å². The third-order valence-electron chi connectivity index (χ3n) is 4.94. The largest absolute Gasteiger partial charge is 0.380 e. The van der Waals surface area contributed by atoms with E-state index >= 15 is 0 Å². The lowest BCUT2D eigenvalue weighted by atomic mass is 10.0. The van der Waals surface area contributed by atoms with Crippen LogP contribution in [0.5, 0.6) is 0 Å². The minimum Gasteiger partial charge on any atom is -0.241 e. The summed E-state index contributed by atoms with van der Waals surface area (Å²) in [5.74, 6) is -43.9. The van der Waals surface area contributed by atoms with E-state index in [1.165, 1.54) is 0 Å². The highest BCUT2D eigenvalue weighted by Crippen LogP contribution is 2.58. The van der Waals surface area contributed by atoms with E-state index in [0.29, 0.717) is 19.0 Å². The molecule has 0 aliphatic carbocycles. The minimum absolute atomic E-state index is 0.438. The normalized spacial score (nSPS) is 17.7. The van der Waals surface area contributed by atoms with Gasteiger partial charge in [0, 0.05) is 19.0 Å². The lowest BCUT2D eigenvalue weighted by Gasteiger charge is -2.41. The standard InChI is InChI=1S/C12H10F18Si.C4H14Si2/c1-3(13)5(15,16)7(19,20)9(23,24)11(27,28)31-12(29,30)10(25,26)8(21,22)6(17,18)4(2)14;1-5-3-4-6-2/h3-4H,31H2,1-2H3;3-6H2,1-2H3. The first kappa shape index (κ1) is 38.5. The molecule has 0 aliphatic heterocycles. The molecular weight excluding hydrogens is 618 g/mol. The lowest BCUT2D eigenvalue weighted by Crippen LogP contribution is -2.71. The molecule has 2 atom stereocenters. The molecule has 0 spiro atoms. The molecular formula is C16H24F18Si3. The Hall–Kier alpha value is -0.609. The molecule has 0 nitrogen and oxygen atoms in total. The minimum atomic E-state index is -7.74. The Labute approximate surface area is 206 Å². The molecule has 0 saturated heterocycles. The number of hydrogen-bond acceptors (Lipinski definition) is 0. The van der Waals surface area contributed by atoms with Gasteiger partial charge in [-0.3, -0.25) is 0 Å². The van der Waals surface area contributed by atoms with Crippen molar-refractivity contribution < 1.29 is 79.0 Å². The van der Waals surface area contributed by atoms with Crippen LogP contribution in [-0.4, -0.2) is 87.5 Å². The summed E-state index contributed by atoms with van der Waals surface area (Å²) in [5, 5.41) is 0. The van der Waals surface area contributed by atoms with Crippen molar-refractivity contribution in [3.63, 3.8) is 0 Å². The maximum Gasteiger partial charge on any atom is 0.380 e. The summed E-state index contributed by atoms with van der Waals surface area (Å²) in [6.07, 6.45) is -8.66. The lowest BCUT2D eigenvalue weighted by molar-refractivity contribution is -0.369. The van der Waals surface area contributed by atoms with E-state index in [1.54, 1.807) is 12.1 Å². The van der Waals surface area contributed by atoms with E-state index in [9.17, 15) is 79.0 Å². The second-order valence-corrected chi connectivity index (χ2v) is 13.6. The molecule has 0 aliphatic rings. The number of rotatable bonds is 13. The van der Waals surface area contributed by atoms with Crippen molar-refractivity contribution in [2.75, 3.05) is 0 Å². The van der Waals surface area contributed by atoms with Gasteiger partial charge in [-0.05, 0) is 13.8 Å². The second-order valence-electron chi connectivity index (χ2n) is 8.07. The zero-order valence-corrected chi connectivity index (χ0v) is 23.7. The van der Waals surface area contributed by atoms with Crippen molar-refractivity contribution >= 4 is 28.6 Å². The van der Waals surface area contributed by atoms with E-state index in [1.807, 2.05) is 0 Å². The fraction of sp³-hybridized carbons (Fsp3) is 1.00. The predicted molar refractivity (Wildman–Crippen MR) is 108 cm³/mol. The van der Waals surface area contributed by atoms with E-state index in [4.69, 9.17) is 0 Å². The zero-order valence-electron chi connectivity index (χ0n) is 19.5. The van der Waals surface area contributed by atoms with Crippen LogP contribution in [0.15, 0.2) is 0 Å². The maximum atomic E-state index is 13.4. The van der Waals surface area contributed by atoms with Crippen LogP contribution in [0.3, 0.4) is 0 Å². The molecule has 0 aromatic heterocycles. The first-order valence-electron chi connectivity index (χ1n) is 10.3. The summed E-state index contributed by atoms with van der Waals surface area (Å²) in [6.45, 7) is 3.68. The highest BCUT2D eigenvalue weighted by Gasteiger charge is 2.87. The summed E-state index contributed by atoms with van der Waals surface area (Å²) < 4.78 is 236. The molecule has 0 radical (unpaired) electrons. The van der Waals surface area contributed by atoms with Crippen molar-refractivity contribution in [2.45, 2.75) is 98.0 Å². The van der Waals surface area contributed by atoms with Crippen LogP contribution in [0.2, 0.25) is 25.2 Å². The van der Waals surface area contributed by atoms with E-state index < -0.39 is 82.3 Å². The topological polar surface area (TPSA) is 0 Å². The van der Waals surface area contributed by atoms with Gasteiger partial charge in [-0.2, -0.15) is 52.7 Å². The van der Waals surface area contributed by atoms with Crippen LogP contribution < -0.4 is 0 Å². The van der Waals surface area contributed by atoms with E-state index in [-0.39, 0.29) is 0 Å². The second kappa shape index (κ2) is 12.3. The molecule has 226 valence electrons. The van der Waals surface area contributed by atoms with Crippen LogP contribution in [0.1, 0.15) is 13.8 Å². The third kappa shape index (κ3) is 7.13. The monoisotopic (exact) mass is 642 g/mol. The first-order chi connectivity index (χ1) is 16.0. The highest BCUT2D eigenvalue weighted by molar-refractivity contribution is 6.43. The molecule has 37 heavy (non-hydrogen) atoms. The predicted octanol–water partition coefficient (Wildman–Crippen LogP) is 6.13. The highest BCUT2D eigenvalue weighted by atomic mass is 28.2. The van der Waals surface area contributed by atoms with Crippen LogP contribution in [-0.2, 0) is 0 Å². The molecule has 0 heterocycles. The van der Waals surface area contributed by atoms with Gasteiger partial charge < -0.3 is 0 Å². The number of halogens is 18. The van der Waals surface area contributed by atoms with Gasteiger partial charge in [0.05, 0.1) is 0 Å². The van der Waals surface area contributed by atoms with Crippen molar-refractivity contribution in [3.05, 3.63) is 0 Å². The number of hydrogen-bond donors (Lipinski definition) is 0. The van der Waals surface area contributed by atoms with Gasteiger partial charge in [-0.25, -0.2) is 26.3 Å². The van der Waals surface area contributed by atoms with Crippen molar-refractivity contribution in [3.8, 4) is 0 Å². The Bertz CT molecular complexity index is 649. The van der Waals surface area contributed by atoms with Crippen molar-refractivity contribution in [1.29, 1.82) is 0 Å². The van der Waals surface area contributed by atoms with Gasteiger partial charge >= 0.3 is 35.5 Å². The summed E-state index contributed by atoms with van der Waals surface area (Å²) in [7, 11) is -5.63. The van der Waals surface area contributed by atoms with Crippen LogP contribution in [0, 0.1) is 0 Å².